The number of pyridine rings is 1. The lowest BCUT2D eigenvalue weighted by Crippen LogP contribution is -2.60. The van der Waals surface area contributed by atoms with E-state index in [4.69, 9.17) is 4.74 Å². The van der Waals surface area contributed by atoms with Crippen molar-refractivity contribution in [3.63, 3.8) is 0 Å². The predicted molar refractivity (Wildman–Crippen MR) is 125 cm³/mol. The summed E-state index contributed by atoms with van der Waals surface area (Å²) >= 11 is 0. The predicted octanol–water partition coefficient (Wildman–Crippen LogP) is 4.46. The summed E-state index contributed by atoms with van der Waals surface area (Å²) in [6, 6.07) is 9.80. The van der Waals surface area contributed by atoms with Crippen LogP contribution in [-0.2, 0) is 4.79 Å². The van der Waals surface area contributed by atoms with Crippen LogP contribution in [0.25, 0.3) is 22.4 Å². The van der Waals surface area contributed by atoms with Crippen molar-refractivity contribution in [1.29, 1.82) is 0 Å². The van der Waals surface area contributed by atoms with Gasteiger partial charge in [-0.05, 0) is 75.9 Å². The van der Waals surface area contributed by atoms with E-state index in [1.165, 1.54) is 0 Å². The van der Waals surface area contributed by atoms with Crippen LogP contribution in [0.5, 0.6) is 5.75 Å². The Balaban J connectivity index is 1.55. The van der Waals surface area contributed by atoms with Crippen molar-refractivity contribution in [3.8, 4) is 28.1 Å². The Morgan fingerprint density at radius 2 is 1.72 bits per heavy atom. The average Bonchev–Trinajstić information content (AvgIpc) is 2.73. The second kappa shape index (κ2) is 8.67. The van der Waals surface area contributed by atoms with Crippen LogP contribution in [0.4, 0.5) is 5.82 Å². The molecule has 0 unspecified atom stereocenters. The molecule has 7 heteroatoms. The van der Waals surface area contributed by atoms with E-state index in [2.05, 4.69) is 53.3 Å². The van der Waals surface area contributed by atoms with Gasteiger partial charge in [-0.1, -0.05) is 6.07 Å². The maximum absolute atomic E-state index is 11.1. The molecule has 32 heavy (non-hydrogen) atoms. The van der Waals surface area contributed by atoms with E-state index in [0.29, 0.717) is 29.5 Å². The van der Waals surface area contributed by atoms with Gasteiger partial charge in [-0.3, -0.25) is 14.8 Å². The van der Waals surface area contributed by atoms with Crippen molar-refractivity contribution in [2.24, 2.45) is 0 Å². The van der Waals surface area contributed by atoms with Gasteiger partial charge in [0, 0.05) is 35.1 Å². The fourth-order valence-electron chi connectivity index (χ4n) is 4.78. The minimum absolute atomic E-state index is 0.0460. The SMILES string of the molecule is CC1(C)CC(Nc2cnc(-c3ccc(-c4ccncc4)cc3OC=O)cn2)CC(C)(C)N1. The van der Waals surface area contributed by atoms with Gasteiger partial charge in [-0.2, -0.15) is 0 Å². The number of hydrogen-bond donors (Lipinski definition) is 2. The summed E-state index contributed by atoms with van der Waals surface area (Å²) in [6.45, 7) is 9.32. The average molecular weight is 432 g/mol. The Morgan fingerprint density at radius 1 is 1.00 bits per heavy atom. The van der Waals surface area contributed by atoms with Crippen molar-refractivity contribution in [1.82, 2.24) is 20.3 Å². The highest BCUT2D eigenvalue weighted by Crippen LogP contribution is 2.34. The molecule has 4 rings (SSSR count). The third-order valence-corrected chi connectivity index (χ3v) is 5.64. The molecule has 1 fully saturated rings. The van der Waals surface area contributed by atoms with Crippen LogP contribution in [-0.4, -0.2) is 38.5 Å². The highest BCUT2D eigenvalue weighted by molar-refractivity contribution is 5.75. The standard InChI is InChI=1S/C25H29N5O2/c1-24(2)12-19(13-25(3,4)30-24)29-23-15-27-21(14-28-23)20-6-5-18(11-22(20)32-16-31)17-7-9-26-10-8-17/h5-11,14-16,19,30H,12-13H2,1-4H3,(H,28,29). The molecular formula is C25H29N5O2. The van der Waals surface area contributed by atoms with Gasteiger partial charge in [0.1, 0.15) is 11.6 Å². The lowest BCUT2D eigenvalue weighted by Gasteiger charge is -2.46. The van der Waals surface area contributed by atoms with Crippen LogP contribution in [0.3, 0.4) is 0 Å². The Morgan fingerprint density at radius 3 is 2.34 bits per heavy atom. The molecule has 1 saturated heterocycles. The van der Waals surface area contributed by atoms with Gasteiger partial charge in [-0.15, -0.1) is 0 Å². The Kier molecular flexibility index (Phi) is 5.93. The van der Waals surface area contributed by atoms with Gasteiger partial charge in [0.2, 0.25) is 0 Å². The number of nitrogens with zero attached hydrogens (tertiary/aromatic N) is 3. The molecule has 1 aliphatic heterocycles. The van der Waals surface area contributed by atoms with Gasteiger partial charge in [0.05, 0.1) is 18.1 Å². The van der Waals surface area contributed by atoms with E-state index >= 15 is 0 Å². The number of rotatable bonds is 6. The van der Waals surface area contributed by atoms with E-state index < -0.39 is 0 Å². The van der Waals surface area contributed by atoms with Crippen molar-refractivity contribution in [3.05, 3.63) is 55.1 Å². The molecule has 2 aromatic heterocycles. The monoisotopic (exact) mass is 431 g/mol. The van der Waals surface area contributed by atoms with Crippen LogP contribution in [0.2, 0.25) is 0 Å². The lowest BCUT2D eigenvalue weighted by molar-refractivity contribution is -0.120. The van der Waals surface area contributed by atoms with E-state index in [-0.39, 0.29) is 11.1 Å². The summed E-state index contributed by atoms with van der Waals surface area (Å²) < 4.78 is 5.26. The van der Waals surface area contributed by atoms with Crippen molar-refractivity contribution in [2.45, 2.75) is 57.7 Å². The minimum Gasteiger partial charge on any atom is -0.428 e. The summed E-state index contributed by atoms with van der Waals surface area (Å²) in [5.74, 6) is 1.17. The molecule has 0 bridgehead atoms. The van der Waals surface area contributed by atoms with Gasteiger partial charge in [0.25, 0.3) is 6.47 Å². The van der Waals surface area contributed by atoms with Gasteiger partial charge < -0.3 is 15.4 Å². The molecule has 7 nitrogen and oxygen atoms in total. The second-order valence-electron chi connectivity index (χ2n) is 9.59. The summed E-state index contributed by atoms with van der Waals surface area (Å²) in [6.07, 6.45) is 8.88. The fraction of sp³-hybridized carbons (Fsp3) is 0.360. The zero-order valence-corrected chi connectivity index (χ0v) is 18.9. The first kappa shape index (κ1) is 21.9. The van der Waals surface area contributed by atoms with Gasteiger partial charge >= 0.3 is 0 Å². The minimum atomic E-state index is 0.0460. The third-order valence-electron chi connectivity index (χ3n) is 5.64. The first-order valence-corrected chi connectivity index (χ1v) is 10.8. The van der Waals surface area contributed by atoms with Crippen LogP contribution in [0.15, 0.2) is 55.1 Å². The number of carbonyl (C=O) groups excluding carboxylic acids is 1. The molecule has 0 atom stereocenters. The van der Waals surface area contributed by atoms with Crippen LogP contribution >= 0.6 is 0 Å². The topological polar surface area (TPSA) is 89.0 Å². The summed E-state index contributed by atoms with van der Waals surface area (Å²) in [4.78, 5) is 24.3. The Bertz CT molecular complexity index is 1070. The Labute approximate surface area is 188 Å². The normalized spacial score (nSPS) is 17.5. The number of aromatic nitrogens is 3. The van der Waals surface area contributed by atoms with E-state index in [0.717, 1.165) is 29.8 Å². The largest absolute Gasteiger partial charge is 0.428 e. The number of carbonyl (C=O) groups is 1. The highest BCUT2D eigenvalue weighted by atomic mass is 16.5. The third kappa shape index (κ3) is 5.11. The molecule has 0 spiro atoms. The van der Waals surface area contributed by atoms with Crippen LogP contribution in [0.1, 0.15) is 40.5 Å². The molecular weight excluding hydrogens is 402 g/mol. The van der Waals surface area contributed by atoms with Crippen LogP contribution in [0, 0.1) is 0 Å². The smallest absolute Gasteiger partial charge is 0.298 e. The second-order valence-corrected chi connectivity index (χ2v) is 9.59. The first-order chi connectivity index (χ1) is 15.2. The maximum Gasteiger partial charge on any atom is 0.298 e. The van der Waals surface area contributed by atoms with Crippen molar-refractivity contribution >= 4 is 12.3 Å². The molecule has 1 aliphatic rings. The summed E-state index contributed by atoms with van der Waals surface area (Å²) in [5, 5.41) is 7.23. The quantitative estimate of drug-likeness (QED) is 0.557. The Hall–Kier alpha value is -3.32. The number of hydrogen-bond acceptors (Lipinski definition) is 7. The van der Waals surface area contributed by atoms with Gasteiger partial charge in [-0.25, -0.2) is 4.98 Å². The summed E-state index contributed by atoms with van der Waals surface area (Å²) in [7, 11) is 0. The number of anilines is 1. The molecule has 0 amide bonds. The summed E-state index contributed by atoms with van der Waals surface area (Å²) in [5.41, 5.74) is 3.35. The number of piperidine rings is 1. The lowest BCUT2D eigenvalue weighted by atomic mass is 9.79. The zero-order valence-electron chi connectivity index (χ0n) is 18.9. The molecule has 1 aromatic carbocycles. The highest BCUT2D eigenvalue weighted by Gasteiger charge is 2.37. The van der Waals surface area contributed by atoms with Crippen molar-refractivity contribution < 1.29 is 9.53 Å². The maximum atomic E-state index is 11.1. The van der Waals surface area contributed by atoms with E-state index in [1.807, 2.05) is 30.3 Å². The van der Waals surface area contributed by atoms with Gasteiger partial charge in [0.15, 0.2) is 0 Å². The zero-order chi connectivity index (χ0) is 22.8. The number of nitrogens with one attached hydrogen (secondary N) is 2. The molecule has 0 radical (unpaired) electrons. The molecule has 3 heterocycles. The molecule has 2 N–H and O–H groups in total. The molecule has 166 valence electrons. The molecule has 3 aromatic rings. The number of ether oxygens (including phenoxy) is 1. The van der Waals surface area contributed by atoms with E-state index in [1.54, 1.807) is 24.8 Å². The van der Waals surface area contributed by atoms with Crippen LogP contribution < -0.4 is 15.4 Å². The molecule has 0 saturated carbocycles. The molecule has 0 aliphatic carbocycles. The number of benzene rings is 1. The van der Waals surface area contributed by atoms with E-state index in [9.17, 15) is 4.79 Å². The first-order valence-electron chi connectivity index (χ1n) is 10.8. The van der Waals surface area contributed by atoms with Crippen molar-refractivity contribution in [2.75, 3.05) is 5.32 Å². The fourth-order valence-corrected chi connectivity index (χ4v) is 4.78.